The van der Waals surface area contributed by atoms with Gasteiger partial charge in [0.15, 0.2) is 0 Å². The van der Waals surface area contributed by atoms with Gasteiger partial charge in [0.25, 0.3) is 0 Å². The Labute approximate surface area is 132 Å². The van der Waals surface area contributed by atoms with Crippen molar-refractivity contribution in [2.24, 2.45) is 0 Å². The first-order valence-electron chi connectivity index (χ1n) is 7.77. The van der Waals surface area contributed by atoms with E-state index in [9.17, 15) is 9.59 Å². The fourth-order valence-corrected chi connectivity index (χ4v) is 2.73. The van der Waals surface area contributed by atoms with Crippen LogP contribution in [-0.4, -0.2) is 66.3 Å². The standard InChI is InChI=1S/C17H25N3O2/c1-14(16-7-5-4-6-8-16)20(15(2)21)13-17(22)19-11-9-18(3)10-12-19/h4-8,14H,9-13H2,1-3H3. The largest absolute Gasteiger partial charge is 0.339 e. The summed E-state index contributed by atoms with van der Waals surface area (Å²) in [4.78, 5) is 30.2. The number of benzene rings is 1. The molecule has 1 aliphatic heterocycles. The molecule has 0 aromatic heterocycles. The van der Waals surface area contributed by atoms with Crippen LogP contribution in [0.4, 0.5) is 0 Å². The molecule has 1 heterocycles. The lowest BCUT2D eigenvalue weighted by molar-refractivity contribution is -0.142. The van der Waals surface area contributed by atoms with E-state index in [1.807, 2.05) is 42.2 Å². The highest BCUT2D eigenvalue weighted by atomic mass is 16.2. The van der Waals surface area contributed by atoms with E-state index in [0.717, 1.165) is 31.7 Å². The van der Waals surface area contributed by atoms with E-state index in [2.05, 4.69) is 11.9 Å². The van der Waals surface area contributed by atoms with Crippen LogP contribution < -0.4 is 0 Å². The fraction of sp³-hybridized carbons (Fsp3) is 0.529. The molecule has 0 spiro atoms. The summed E-state index contributed by atoms with van der Waals surface area (Å²) in [5.74, 6) is -0.0371. The van der Waals surface area contributed by atoms with Crippen molar-refractivity contribution in [3.63, 3.8) is 0 Å². The number of likely N-dealkylation sites (N-methyl/N-ethyl adjacent to an activating group) is 1. The summed E-state index contributed by atoms with van der Waals surface area (Å²) in [6.07, 6.45) is 0. The lowest BCUT2D eigenvalue weighted by atomic mass is 10.1. The van der Waals surface area contributed by atoms with Crippen molar-refractivity contribution in [1.29, 1.82) is 0 Å². The minimum atomic E-state index is -0.102. The maximum atomic E-state index is 12.5. The number of amides is 2. The molecule has 1 atom stereocenters. The van der Waals surface area contributed by atoms with E-state index in [0.29, 0.717) is 0 Å². The number of hydrogen-bond donors (Lipinski definition) is 0. The van der Waals surface area contributed by atoms with Gasteiger partial charge in [-0.05, 0) is 19.5 Å². The molecule has 120 valence electrons. The van der Waals surface area contributed by atoms with Gasteiger partial charge in [0.1, 0.15) is 6.54 Å². The van der Waals surface area contributed by atoms with Crippen LogP contribution in [0, 0.1) is 0 Å². The first-order valence-corrected chi connectivity index (χ1v) is 7.77. The molecule has 5 heteroatoms. The number of rotatable bonds is 4. The Balaban J connectivity index is 2.02. The zero-order valence-corrected chi connectivity index (χ0v) is 13.7. The summed E-state index contributed by atoms with van der Waals surface area (Å²) < 4.78 is 0. The number of nitrogens with zero attached hydrogens (tertiary/aromatic N) is 3. The second kappa shape index (κ2) is 7.40. The zero-order valence-electron chi connectivity index (χ0n) is 13.7. The smallest absolute Gasteiger partial charge is 0.242 e. The summed E-state index contributed by atoms with van der Waals surface area (Å²) in [7, 11) is 2.06. The van der Waals surface area contributed by atoms with Crippen molar-refractivity contribution in [2.45, 2.75) is 19.9 Å². The van der Waals surface area contributed by atoms with E-state index >= 15 is 0 Å². The summed E-state index contributed by atoms with van der Waals surface area (Å²) in [6.45, 7) is 6.89. The molecule has 1 saturated heterocycles. The predicted octanol–water partition coefficient (Wildman–Crippen LogP) is 1.37. The van der Waals surface area contributed by atoms with Crippen LogP contribution in [0.5, 0.6) is 0 Å². The van der Waals surface area contributed by atoms with Crippen molar-refractivity contribution in [3.05, 3.63) is 35.9 Å². The molecule has 1 fully saturated rings. The number of carbonyl (C=O) groups is 2. The quantitative estimate of drug-likeness (QED) is 0.844. The Kier molecular flexibility index (Phi) is 5.55. The molecule has 5 nitrogen and oxygen atoms in total. The van der Waals surface area contributed by atoms with E-state index in [1.165, 1.54) is 6.92 Å². The van der Waals surface area contributed by atoms with Crippen molar-refractivity contribution >= 4 is 11.8 Å². The van der Waals surface area contributed by atoms with Gasteiger partial charge in [0.2, 0.25) is 11.8 Å². The van der Waals surface area contributed by atoms with E-state index < -0.39 is 0 Å². The third kappa shape index (κ3) is 4.07. The van der Waals surface area contributed by atoms with Gasteiger partial charge in [0.05, 0.1) is 6.04 Å². The number of carbonyl (C=O) groups excluding carboxylic acids is 2. The molecule has 2 rings (SSSR count). The normalized spacial score (nSPS) is 17.1. The third-order valence-corrected chi connectivity index (χ3v) is 4.32. The lowest BCUT2D eigenvalue weighted by Gasteiger charge is -2.35. The van der Waals surface area contributed by atoms with Gasteiger partial charge in [-0.2, -0.15) is 0 Å². The Morgan fingerprint density at radius 1 is 1.14 bits per heavy atom. The van der Waals surface area contributed by atoms with E-state index in [-0.39, 0.29) is 24.4 Å². The van der Waals surface area contributed by atoms with Crippen molar-refractivity contribution in [3.8, 4) is 0 Å². The minimum absolute atomic E-state index is 0.0334. The van der Waals surface area contributed by atoms with Crippen molar-refractivity contribution < 1.29 is 9.59 Å². The summed E-state index contributed by atoms with van der Waals surface area (Å²) in [5, 5.41) is 0. The highest BCUT2D eigenvalue weighted by Crippen LogP contribution is 2.20. The zero-order chi connectivity index (χ0) is 16.1. The van der Waals surface area contributed by atoms with Crippen LogP contribution in [0.1, 0.15) is 25.5 Å². The van der Waals surface area contributed by atoms with Crippen LogP contribution in [0.3, 0.4) is 0 Å². The third-order valence-electron chi connectivity index (χ3n) is 4.32. The molecule has 1 aromatic carbocycles. The van der Waals surface area contributed by atoms with Gasteiger partial charge >= 0.3 is 0 Å². The van der Waals surface area contributed by atoms with Crippen LogP contribution in [0.15, 0.2) is 30.3 Å². The predicted molar refractivity (Wildman–Crippen MR) is 86.3 cm³/mol. The van der Waals surface area contributed by atoms with E-state index in [1.54, 1.807) is 4.90 Å². The molecule has 22 heavy (non-hydrogen) atoms. The second-order valence-electron chi connectivity index (χ2n) is 5.92. The van der Waals surface area contributed by atoms with Gasteiger partial charge in [-0.25, -0.2) is 0 Å². The van der Waals surface area contributed by atoms with Crippen LogP contribution in [-0.2, 0) is 9.59 Å². The minimum Gasteiger partial charge on any atom is -0.339 e. The number of piperazine rings is 1. The highest BCUT2D eigenvalue weighted by Gasteiger charge is 2.25. The number of hydrogen-bond acceptors (Lipinski definition) is 3. The Morgan fingerprint density at radius 3 is 2.27 bits per heavy atom. The molecule has 1 aliphatic rings. The lowest BCUT2D eigenvalue weighted by Crippen LogP contribution is -2.50. The molecule has 0 N–H and O–H groups in total. The fourth-order valence-electron chi connectivity index (χ4n) is 2.73. The molecule has 0 bridgehead atoms. The van der Waals surface area contributed by atoms with Crippen LogP contribution >= 0.6 is 0 Å². The molecular weight excluding hydrogens is 278 g/mol. The van der Waals surface area contributed by atoms with E-state index in [4.69, 9.17) is 0 Å². The van der Waals surface area contributed by atoms with Gasteiger partial charge in [-0.1, -0.05) is 30.3 Å². The van der Waals surface area contributed by atoms with Crippen molar-refractivity contribution in [2.75, 3.05) is 39.8 Å². The molecule has 2 amide bonds. The SMILES string of the molecule is CC(=O)N(CC(=O)N1CCN(C)CC1)C(C)c1ccccc1. The average Bonchev–Trinajstić information content (AvgIpc) is 2.53. The summed E-state index contributed by atoms with van der Waals surface area (Å²) in [6, 6.07) is 9.72. The second-order valence-corrected chi connectivity index (χ2v) is 5.92. The van der Waals surface area contributed by atoms with Crippen molar-refractivity contribution in [1.82, 2.24) is 14.7 Å². The highest BCUT2D eigenvalue weighted by molar-refractivity contribution is 5.84. The van der Waals surface area contributed by atoms with Gasteiger partial charge < -0.3 is 14.7 Å². The van der Waals surface area contributed by atoms with Crippen LogP contribution in [0.25, 0.3) is 0 Å². The monoisotopic (exact) mass is 303 g/mol. The summed E-state index contributed by atoms with van der Waals surface area (Å²) >= 11 is 0. The first-order chi connectivity index (χ1) is 10.5. The topological polar surface area (TPSA) is 43.9 Å². The maximum Gasteiger partial charge on any atom is 0.242 e. The average molecular weight is 303 g/mol. The molecule has 0 saturated carbocycles. The van der Waals surface area contributed by atoms with Gasteiger partial charge in [0, 0.05) is 33.1 Å². The molecular formula is C17H25N3O2. The first kappa shape index (κ1) is 16.5. The Morgan fingerprint density at radius 2 is 1.73 bits per heavy atom. The van der Waals surface area contributed by atoms with Gasteiger partial charge in [-0.15, -0.1) is 0 Å². The molecule has 1 aromatic rings. The maximum absolute atomic E-state index is 12.5. The van der Waals surface area contributed by atoms with Crippen LogP contribution in [0.2, 0.25) is 0 Å². The summed E-state index contributed by atoms with van der Waals surface area (Å²) in [5.41, 5.74) is 1.05. The molecule has 0 aliphatic carbocycles. The Hall–Kier alpha value is -1.88. The molecule has 0 radical (unpaired) electrons. The Bertz CT molecular complexity index is 510. The van der Waals surface area contributed by atoms with Gasteiger partial charge in [-0.3, -0.25) is 9.59 Å². The molecule has 1 unspecified atom stereocenters.